The van der Waals surface area contributed by atoms with Crippen molar-refractivity contribution in [3.63, 3.8) is 0 Å². The molecule has 0 unspecified atom stereocenters. The van der Waals surface area contributed by atoms with Crippen molar-refractivity contribution in [2.24, 2.45) is 0 Å². The molecule has 21 heavy (non-hydrogen) atoms. The molecule has 1 aliphatic heterocycles. The van der Waals surface area contributed by atoms with E-state index in [0.29, 0.717) is 6.04 Å². The van der Waals surface area contributed by atoms with E-state index in [4.69, 9.17) is 16.3 Å². The van der Waals surface area contributed by atoms with E-state index in [1.165, 1.54) is 24.0 Å². The van der Waals surface area contributed by atoms with Gasteiger partial charge in [0.05, 0.1) is 7.11 Å². The summed E-state index contributed by atoms with van der Waals surface area (Å²) in [5, 5.41) is 0.798. The van der Waals surface area contributed by atoms with Crippen LogP contribution in [0.3, 0.4) is 0 Å². The summed E-state index contributed by atoms with van der Waals surface area (Å²) in [5.41, 5.74) is 2.70. The highest BCUT2D eigenvalue weighted by Crippen LogP contribution is 2.33. The Balaban J connectivity index is 1.73. The first kappa shape index (κ1) is 14.4. The number of halogens is 1. The largest absolute Gasteiger partial charge is 0.497 e. The highest BCUT2D eigenvalue weighted by Gasteiger charge is 2.25. The van der Waals surface area contributed by atoms with Crippen LogP contribution in [0.4, 0.5) is 0 Å². The van der Waals surface area contributed by atoms with Crippen molar-refractivity contribution < 1.29 is 4.74 Å². The number of methoxy groups -OCH3 is 1. The van der Waals surface area contributed by atoms with Gasteiger partial charge < -0.3 is 4.74 Å². The van der Waals surface area contributed by atoms with Crippen LogP contribution in [0.5, 0.6) is 5.75 Å². The van der Waals surface area contributed by atoms with E-state index in [1.54, 1.807) is 7.11 Å². The van der Waals surface area contributed by atoms with E-state index in [2.05, 4.69) is 29.2 Å². The van der Waals surface area contributed by atoms with Crippen LogP contribution in [-0.4, -0.2) is 18.6 Å². The molecule has 110 valence electrons. The lowest BCUT2D eigenvalue weighted by atomic mass is 10.0. The van der Waals surface area contributed by atoms with Crippen LogP contribution in [0.2, 0.25) is 5.02 Å². The second kappa shape index (κ2) is 6.50. The lowest BCUT2D eigenvalue weighted by Gasteiger charge is -2.25. The zero-order valence-electron chi connectivity index (χ0n) is 12.3. The fraction of sp³-hybridized carbons (Fsp3) is 0.333. The van der Waals surface area contributed by atoms with Crippen molar-refractivity contribution in [2.75, 3.05) is 13.7 Å². The number of ether oxygens (including phenoxy) is 1. The Morgan fingerprint density at radius 3 is 2.48 bits per heavy atom. The molecule has 0 aromatic heterocycles. The van der Waals surface area contributed by atoms with Crippen LogP contribution in [0.25, 0.3) is 0 Å². The van der Waals surface area contributed by atoms with E-state index in [0.717, 1.165) is 23.9 Å². The van der Waals surface area contributed by atoms with E-state index in [9.17, 15) is 0 Å². The maximum Gasteiger partial charge on any atom is 0.118 e. The SMILES string of the molecule is COc1ccc([C@H]2CCCN2Cc2ccc(Cl)cc2)cc1. The van der Waals surface area contributed by atoms with Gasteiger partial charge in [0.1, 0.15) is 5.75 Å². The summed E-state index contributed by atoms with van der Waals surface area (Å²) in [6.07, 6.45) is 2.48. The molecule has 3 heteroatoms. The van der Waals surface area contributed by atoms with Crippen LogP contribution >= 0.6 is 11.6 Å². The second-order valence-corrected chi connectivity index (χ2v) is 5.96. The topological polar surface area (TPSA) is 12.5 Å². The summed E-state index contributed by atoms with van der Waals surface area (Å²) in [6.45, 7) is 2.13. The first-order valence-electron chi connectivity index (χ1n) is 7.39. The second-order valence-electron chi connectivity index (χ2n) is 5.53. The summed E-state index contributed by atoms with van der Waals surface area (Å²) in [6, 6.07) is 17.1. The molecule has 0 amide bonds. The van der Waals surface area contributed by atoms with Crippen LogP contribution in [0, 0.1) is 0 Å². The monoisotopic (exact) mass is 301 g/mol. The Morgan fingerprint density at radius 2 is 1.81 bits per heavy atom. The number of hydrogen-bond acceptors (Lipinski definition) is 2. The van der Waals surface area contributed by atoms with Gasteiger partial charge >= 0.3 is 0 Å². The molecule has 1 aliphatic rings. The molecule has 1 atom stereocenters. The molecule has 2 aromatic rings. The van der Waals surface area contributed by atoms with E-state index >= 15 is 0 Å². The zero-order chi connectivity index (χ0) is 14.7. The third kappa shape index (κ3) is 3.39. The first-order valence-corrected chi connectivity index (χ1v) is 7.76. The fourth-order valence-corrected chi connectivity index (χ4v) is 3.17. The molecule has 3 rings (SSSR count). The third-order valence-electron chi connectivity index (χ3n) is 4.16. The minimum atomic E-state index is 0.506. The van der Waals surface area contributed by atoms with E-state index < -0.39 is 0 Å². The van der Waals surface area contributed by atoms with Gasteiger partial charge in [-0.2, -0.15) is 0 Å². The van der Waals surface area contributed by atoms with Gasteiger partial charge in [-0.15, -0.1) is 0 Å². The van der Waals surface area contributed by atoms with Crippen molar-refractivity contribution in [2.45, 2.75) is 25.4 Å². The van der Waals surface area contributed by atoms with Crippen molar-refractivity contribution >= 4 is 11.6 Å². The van der Waals surface area contributed by atoms with Gasteiger partial charge in [-0.1, -0.05) is 35.9 Å². The molecule has 0 radical (unpaired) electrons. The number of nitrogens with zero attached hydrogens (tertiary/aromatic N) is 1. The summed E-state index contributed by atoms with van der Waals surface area (Å²) in [7, 11) is 1.71. The van der Waals surface area contributed by atoms with Crippen molar-refractivity contribution in [3.05, 3.63) is 64.7 Å². The number of benzene rings is 2. The predicted octanol–water partition coefficient (Wildman–Crippen LogP) is 4.69. The van der Waals surface area contributed by atoms with E-state index in [1.807, 2.05) is 24.3 Å². The summed E-state index contributed by atoms with van der Waals surface area (Å²) in [5.74, 6) is 0.918. The maximum absolute atomic E-state index is 5.96. The summed E-state index contributed by atoms with van der Waals surface area (Å²) in [4.78, 5) is 2.55. The van der Waals surface area contributed by atoms with Gasteiger partial charge in [0.25, 0.3) is 0 Å². The molecule has 0 saturated carbocycles. The Hall–Kier alpha value is -1.51. The lowest BCUT2D eigenvalue weighted by molar-refractivity contribution is 0.248. The fourth-order valence-electron chi connectivity index (χ4n) is 3.04. The Bertz CT molecular complexity index is 579. The minimum absolute atomic E-state index is 0.506. The third-order valence-corrected chi connectivity index (χ3v) is 4.42. The lowest BCUT2D eigenvalue weighted by Crippen LogP contribution is -2.22. The Kier molecular flexibility index (Phi) is 4.47. The van der Waals surface area contributed by atoms with Crippen molar-refractivity contribution in [3.8, 4) is 5.75 Å². The predicted molar refractivity (Wildman–Crippen MR) is 86.8 cm³/mol. The highest BCUT2D eigenvalue weighted by molar-refractivity contribution is 6.30. The minimum Gasteiger partial charge on any atom is -0.497 e. The van der Waals surface area contributed by atoms with Gasteiger partial charge in [-0.25, -0.2) is 0 Å². The van der Waals surface area contributed by atoms with Gasteiger partial charge in [-0.3, -0.25) is 4.90 Å². The number of hydrogen-bond donors (Lipinski definition) is 0. The van der Waals surface area contributed by atoms with Gasteiger partial charge in [-0.05, 0) is 54.8 Å². The average molecular weight is 302 g/mol. The average Bonchev–Trinajstić information content (AvgIpc) is 2.98. The normalized spacial score (nSPS) is 18.9. The first-order chi connectivity index (χ1) is 10.3. The molecular weight excluding hydrogens is 282 g/mol. The number of likely N-dealkylation sites (tertiary alicyclic amines) is 1. The molecule has 0 aliphatic carbocycles. The molecule has 0 bridgehead atoms. The molecule has 1 heterocycles. The van der Waals surface area contributed by atoms with E-state index in [-0.39, 0.29) is 0 Å². The molecule has 2 aromatic carbocycles. The van der Waals surface area contributed by atoms with Crippen molar-refractivity contribution in [1.82, 2.24) is 4.90 Å². The molecule has 0 spiro atoms. The quantitative estimate of drug-likeness (QED) is 0.812. The number of rotatable bonds is 4. The summed E-state index contributed by atoms with van der Waals surface area (Å²) >= 11 is 5.96. The Morgan fingerprint density at radius 1 is 1.10 bits per heavy atom. The maximum atomic E-state index is 5.96. The standard InChI is InChI=1S/C18H20ClNO/c1-21-17-10-6-15(7-11-17)18-3-2-12-20(18)13-14-4-8-16(19)9-5-14/h4-11,18H,2-3,12-13H2,1H3/t18-/m1/s1. The van der Waals surface area contributed by atoms with Crippen LogP contribution < -0.4 is 4.74 Å². The van der Waals surface area contributed by atoms with Crippen LogP contribution in [0.1, 0.15) is 30.0 Å². The van der Waals surface area contributed by atoms with Gasteiger partial charge in [0, 0.05) is 17.6 Å². The summed E-state index contributed by atoms with van der Waals surface area (Å²) < 4.78 is 5.24. The molecule has 1 saturated heterocycles. The van der Waals surface area contributed by atoms with Crippen LogP contribution in [-0.2, 0) is 6.54 Å². The van der Waals surface area contributed by atoms with Gasteiger partial charge in [0.15, 0.2) is 0 Å². The van der Waals surface area contributed by atoms with Crippen molar-refractivity contribution in [1.29, 1.82) is 0 Å². The zero-order valence-corrected chi connectivity index (χ0v) is 13.0. The molecular formula is C18H20ClNO. The molecule has 1 fully saturated rings. The smallest absolute Gasteiger partial charge is 0.118 e. The molecule has 0 N–H and O–H groups in total. The highest BCUT2D eigenvalue weighted by atomic mass is 35.5. The Labute approximate surface area is 131 Å². The molecule has 2 nitrogen and oxygen atoms in total. The van der Waals surface area contributed by atoms with Gasteiger partial charge in [0.2, 0.25) is 0 Å². The van der Waals surface area contributed by atoms with Crippen LogP contribution in [0.15, 0.2) is 48.5 Å².